The van der Waals surface area contributed by atoms with Gasteiger partial charge in [-0.1, -0.05) is 23.7 Å². The number of imidazole rings is 1. The summed E-state index contributed by atoms with van der Waals surface area (Å²) in [5, 5.41) is 3.76. The molecule has 2 aromatic carbocycles. The van der Waals surface area contributed by atoms with Gasteiger partial charge in [-0.05, 0) is 43.3 Å². The van der Waals surface area contributed by atoms with E-state index in [1.54, 1.807) is 12.1 Å². The fraction of sp³-hybridized carbons (Fsp3) is 0.0588. The van der Waals surface area contributed by atoms with Crippen molar-refractivity contribution in [2.45, 2.75) is 6.92 Å². The Morgan fingerprint density at radius 2 is 1.72 bits per heavy atom. The third-order valence-electron chi connectivity index (χ3n) is 3.67. The molecule has 2 heterocycles. The first-order valence-corrected chi connectivity index (χ1v) is 7.96. The number of hydrogen-bond acceptors (Lipinski definition) is 6. The summed E-state index contributed by atoms with van der Waals surface area (Å²) in [5.41, 5.74) is 8.45. The highest BCUT2D eigenvalue weighted by Crippen LogP contribution is 2.21. The van der Waals surface area contributed by atoms with Gasteiger partial charge in [0.25, 0.3) is 0 Å². The molecule has 0 saturated carbocycles. The molecular weight excluding hydrogens is 338 g/mol. The smallest absolute Gasteiger partial charge is 0.242 e. The van der Waals surface area contributed by atoms with Gasteiger partial charge >= 0.3 is 0 Å². The van der Waals surface area contributed by atoms with Gasteiger partial charge < -0.3 is 11.1 Å². The number of para-hydroxylation sites is 2. The van der Waals surface area contributed by atoms with Crippen LogP contribution in [0.1, 0.15) is 5.82 Å². The second kappa shape index (κ2) is 6.03. The summed E-state index contributed by atoms with van der Waals surface area (Å²) in [5.74, 6) is 1.65. The Morgan fingerprint density at radius 3 is 2.52 bits per heavy atom. The van der Waals surface area contributed by atoms with E-state index in [4.69, 9.17) is 17.3 Å². The Bertz CT molecular complexity index is 1060. The van der Waals surface area contributed by atoms with Gasteiger partial charge in [0.05, 0.1) is 11.0 Å². The van der Waals surface area contributed by atoms with Gasteiger partial charge in [0, 0.05) is 10.7 Å². The summed E-state index contributed by atoms with van der Waals surface area (Å²) in [6.07, 6.45) is 0. The van der Waals surface area contributed by atoms with Crippen molar-refractivity contribution in [1.29, 1.82) is 0 Å². The minimum Gasteiger partial charge on any atom is -0.368 e. The fourth-order valence-corrected chi connectivity index (χ4v) is 2.72. The van der Waals surface area contributed by atoms with Crippen molar-refractivity contribution in [3.63, 3.8) is 0 Å². The van der Waals surface area contributed by atoms with Crippen LogP contribution >= 0.6 is 11.6 Å². The minimum atomic E-state index is 0.124. The molecule has 4 rings (SSSR count). The van der Waals surface area contributed by atoms with Gasteiger partial charge in [0.15, 0.2) is 0 Å². The molecule has 0 aliphatic heterocycles. The van der Waals surface area contributed by atoms with E-state index in [1.165, 1.54) is 0 Å². The number of halogens is 1. The molecule has 0 aliphatic carbocycles. The number of hydrogen-bond donors (Lipinski definition) is 2. The van der Waals surface area contributed by atoms with Crippen molar-refractivity contribution >= 4 is 40.2 Å². The van der Waals surface area contributed by atoms with Gasteiger partial charge in [-0.15, -0.1) is 0 Å². The molecule has 124 valence electrons. The lowest BCUT2D eigenvalue weighted by Crippen LogP contribution is -2.10. The molecule has 3 N–H and O–H groups in total. The second-order valence-corrected chi connectivity index (χ2v) is 5.87. The van der Waals surface area contributed by atoms with Crippen molar-refractivity contribution in [2.75, 3.05) is 11.1 Å². The average Bonchev–Trinajstić information content (AvgIpc) is 2.92. The zero-order chi connectivity index (χ0) is 17.4. The molecular formula is C17H14ClN7. The molecule has 8 heteroatoms. The molecule has 0 unspecified atom stereocenters. The van der Waals surface area contributed by atoms with Gasteiger partial charge in [-0.2, -0.15) is 15.0 Å². The van der Waals surface area contributed by atoms with Gasteiger partial charge in [0.1, 0.15) is 5.82 Å². The average molecular weight is 352 g/mol. The van der Waals surface area contributed by atoms with E-state index in [0.717, 1.165) is 22.5 Å². The van der Waals surface area contributed by atoms with E-state index in [-0.39, 0.29) is 5.95 Å². The van der Waals surface area contributed by atoms with Gasteiger partial charge in [0.2, 0.25) is 17.8 Å². The molecule has 0 amide bonds. The largest absolute Gasteiger partial charge is 0.368 e. The summed E-state index contributed by atoms with van der Waals surface area (Å²) in [7, 11) is 0. The standard InChI is InChI=1S/C17H14ClN7/c1-10-20-13-4-2-3-5-14(13)25(10)17-23-15(19)22-16(24-17)21-12-8-6-11(18)7-9-12/h2-9H,1H3,(H3,19,21,22,23,24). The lowest BCUT2D eigenvalue weighted by molar-refractivity contribution is 0.890. The highest BCUT2D eigenvalue weighted by atomic mass is 35.5. The number of nitrogen functional groups attached to an aromatic ring is 1. The number of rotatable bonds is 3. The van der Waals surface area contributed by atoms with E-state index < -0.39 is 0 Å². The number of aromatic nitrogens is 5. The van der Waals surface area contributed by atoms with Gasteiger partial charge in [-0.3, -0.25) is 4.57 Å². The zero-order valence-electron chi connectivity index (χ0n) is 13.3. The first kappa shape index (κ1) is 15.3. The van der Waals surface area contributed by atoms with E-state index in [2.05, 4.69) is 25.3 Å². The van der Waals surface area contributed by atoms with Crippen LogP contribution in [0, 0.1) is 6.92 Å². The quantitative estimate of drug-likeness (QED) is 0.586. The number of benzene rings is 2. The van der Waals surface area contributed by atoms with Crippen LogP contribution in [0.15, 0.2) is 48.5 Å². The number of nitrogens with one attached hydrogen (secondary N) is 1. The molecule has 25 heavy (non-hydrogen) atoms. The Labute approximate surface area is 148 Å². The van der Waals surface area contributed by atoms with E-state index in [1.807, 2.05) is 47.9 Å². The maximum Gasteiger partial charge on any atom is 0.242 e. The maximum absolute atomic E-state index is 5.91. The lowest BCUT2D eigenvalue weighted by atomic mass is 10.3. The summed E-state index contributed by atoms with van der Waals surface area (Å²) in [6.45, 7) is 1.90. The highest BCUT2D eigenvalue weighted by Gasteiger charge is 2.13. The molecule has 0 radical (unpaired) electrons. The number of fused-ring (bicyclic) bond motifs is 1. The van der Waals surface area contributed by atoms with Crippen LogP contribution in [0.4, 0.5) is 17.6 Å². The Balaban J connectivity index is 1.79. The first-order chi connectivity index (χ1) is 12.1. The third-order valence-corrected chi connectivity index (χ3v) is 3.92. The molecule has 0 fully saturated rings. The predicted octanol–water partition coefficient (Wildman–Crippen LogP) is 3.50. The molecule has 0 saturated heterocycles. The van der Waals surface area contributed by atoms with Gasteiger partial charge in [-0.25, -0.2) is 4.98 Å². The van der Waals surface area contributed by atoms with Crippen molar-refractivity contribution in [1.82, 2.24) is 24.5 Å². The Hall–Kier alpha value is -3.19. The topological polar surface area (TPSA) is 94.5 Å². The normalized spacial score (nSPS) is 11.0. The predicted molar refractivity (Wildman–Crippen MR) is 98.3 cm³/mol. The SMILES string of the molecule is Cc1nc2ccccc2n1-c1nc(N)nc(Nc2ccc(Cl)cc2)n1. The summed E-state index contributed by atoms with van der Waals surface area (Å²) >= 11 is 5.91. The Morgan fingerprint density at radius 1 is 0.960 bits per heavy atom. The van der Waals surface area contributed by atoms with Crippen LogP contribution in [0.25, 0.3) is 17.0 Å². The molecule has 0 spiro atoms. The minimum absolute atomic E-state index is 0.124. The molecule has 7 nitrogen and oxygen atoms in total. The number of nitrogens with two attached hydrogens (primary N) is 1. The van der Waals surface area contributed by atoms with Crippen molar-refractivity contribution in [2.24, 2.45) is 0 Å². The van der Waals surface area contributed by atoms with Crippen LogP contribution < -0.4 is 11.1 Å². The van der Waals surface area contributed by atoms with E-state index in [9.17, 15) is 0 Å². The molecule has 0 atom stereocenters. The maximum atomic E-state index is 5.91. The monoisotopic (exact) mass is 351 g/mol. The lowest BCUT2D eigenvalue weighted by Gasteiger charge is -2.09. The van der Waals surface area contributed by atoms with Crippen LogP contribution in [-0.2, 0) is 0 Å². The number of nitrogens with zero attached hydrogens (tertiary/aromatic N) is 5. The molecule has 4 aromatic rings. The van der Waals surface area contributed by atoms with Crippen molar-refractivity contribution < 1.29 is 0 Å². The highest BCUT2D eigenvalue weighted by molar-refractivity contribution is 6.30. The van der Waals surface area contributed by atoms with Crippen molar-refractivity contribution in [3.05, 3.63) is 59.4 Å². The number of anilines is 3. The van der Waals surface area contributed by atoms with Crippen LogP contribution in [0.2, 0.25) is 5.02 Å². The fourth-order valence-electron chi connectivity index (χ4n) is 2.60. The molecule has 0 bridgehead atoms. The molecule has 0 aliphatic rings. The zero-order valence-corrected chi connectivity index (χ0v) is 14.1. The van der Waals surface area contributed by atoms with E-state index in [0.29, 0.717) is 16.9 Å². The summed E-state index contributed by atoms with van der Waals surface area (Å²) < 4.78 is 1.85. The van der Waals surface area contributed by atoms with Crippen LogP contribution in [0.3, 0.4) is 0 Å². The van der Waals surface area contributed by atoms with E-state index >= 15 is 0 Å². The summed E-state index contributed by atoms with van der Waals surface area (Å²) in [4.78, 5) is 17.4. The third kappa shape index (κ3) is 2.97. The summed E-state index contributed by atoms with van der Waals surface area (Å²) in [6, 6.07) is 15.0. The first-order valence-electron chi connectivity index (χ1n) is 7.59. The van der Waals surface area contributed by atoms with Crippen molar-refractivity contribution in [3.8, 4) is 5.95 Å². The second-order valence-electron chi connectivity index (χ2n) is 5.43. The van der Waals surface area contributed by atoms with Crippen LogP contribution in [-0.4, -0.2) is 24.5 Å². The Kier molecular flexibility index (Phi) is 3.70. The molecule has 2 aromatic heterocycles. The number of aryl methyl sites for hydroxylation is 1. The van der Waals surface area contributed by atoms with Crippen LogP contribution in [0.5, 0.6) is 0 Å².